The van der Waals surface area contributed by atoms with Gasteiger partial charge >= 0.3 is 5.63 Å². The summed E-state index contributed by atoms with van der Waals surface area (Å²) in [5, 5.41) is 12.9. The van der Waals surface area contributed by atoms with E-state index in [0.717, 1.165) is 12.0 Å². The summed E-state index contributed by atoms with van der Waals surface area (Å²) in [6.07, 6.45) is 0.271. The van der Waals surface area contributed by atoms with Crippen molar-refractivity contribution in [2.45, 2.75) is 51.4 Å². The molecule has 4 rings (SSSR count). The van der Waals surface area contributed by atoms with Crippen LogP contribution in [0.3, 0.4) is 0 Å². The molecule has 1 aromatic heterocycles. The highest BCUT2D eigenvalue weighted by molar-refractivity contribution is 7.91. The van der Waals surface area contributed by atoms with Crippen molar-refractivity contribution < 1.29 is 32.2 Å². The number of aryl methyl sites for hydroxylation is 2. The number of hydrogen-bond donors (Lipinski definition) is 2. The van der Waals surface area contributed by atoms with Gasteiger partial charge in [-0.05, 0) is 39.2 Å². The first-order valence-corrected chi connectivity index (χ1v) is 11.9. The molecule has 1 fully saturated rings. The lowest BCUT2D eigenvalue weighted by Crippen LogP contribution is -2.44. The van der Waals surface area contributed by atoms with Gasteiger partial charge in [-0.1, -0.05) is 0 Å². The van der Waals surface area contributed by atoms with Crippen molar-refractivity contribution in [1.29, 1.82) is 0 Å². The van der Waals surface area contributed by atoms with E-state index in [1.165, 1.54) is 6.07 Å². The number of nitrogens with one attached hydrogen (secondary N) is 1. The number of carbonyl (C=O) groups is 1. The Morgan fingerprint density at radius 3 is 2.74 bits per heavy atom. The van der Waals surface area contributed by atoms with Crippen molar-refractivity contribution in [3.8, 4) is 11.5 Å². The zero-order valence-corrected chi connectivity index (χ0v) is 18.4. The number of rotatable bonds is 4. The topological polar surface area (TPSA) is 132 Å². The Kier molecular flexibility index (Phi) is 5.25. The number of aliphatic hydroxyl groups is 1. The maximum Gasteiger partial charge on any atom is 0.336 e. The molecule has 0 saturated carbocycles. The van der Waals surface area contributed by atoms with Crippen LogP contribution in [0.4, 0.5) is 0 Å². The molecule has 0 radical (unpaired) electrons. The van der Waals surface area contributed by atoms with Crippen molar-refractivity contribution >= 4 is 26.7 Å². The highest BCUT2D eigenvalue weighted by atomic mass is 32.2. The van der Waals surface area contributed by atoms with Crippen molar-refractivity contribution in [2.75, 3.05) is 18.1 Å². The Morgan fingerprint density at radius 2 is 2.06 bits per heavy atom. The van der Waals surface area contributed by atoms with Gasteiger partial charge < -0.3 is 24.3 Å². The van der Waals surface area contributed by atoms with Crippen LogP contribution in [0.1, 0.15) is 31.4 Å². The van der Waals surface area contributed by atoms with Crippen molar-refractivity contribution in [3.63, 3.8) is 0 Å². The molecule has 9 nitrogen and oxygen atoms in total. The number of ether oxygens (including phenoxy) is 2. The highest BCUT2D eigenvalue weighted by Crippen LogP contribution is 2.42. The van der Waals surface area contributed by atoms with Crippen LogP contribution in [0.2, 0.25) is 0 Å². The van der Waals surface area contributed by atoms with E-state index in [1.54, 1.807) is 13.0 Å². The van der Waals surface area contributed by atoms with Gasteiger partial charge in [0.15, 0.2) is 16.4 Å². The van der Waals surface area contributed by atoms with Crippen LogP contribution >= 0.6 is 0 Å². The summed E-state index contributed by atoms with van der Waals surface area (Å²) in [6.45, 7) is 5.27. The molecule has 2 aliphatic heterocycles. The predicted molar refractivity (Wildman–Crippen MR) is 112 cm³/mol. The van der Waals surface area contributed by atoms with Gasteiger partial charge in [0.25, 0.3) is 5.91 Å². The van der Waals surface area contributed by atoms with Crippen LogP contribution in [0.25, 0.3) is 11.0 Å². The van der Waals surface area contributed by atoms with Gasteiger partial charge in [-0.15, -0.1) is 0 Å². The first kappa shape index (κ1) is 21.6. The van der Waals surface area contributed by atoms with Gasteiger partial charge in [-0.2, -0.15) is 0 Å². The molecular weight excluding hydrogens is 426 g/mol. The molecule has 1 amide bonds. The molecule has 10 heteroatoms. The Morgan fingerprint density at radius 1 is 1.32 bits per heavy atom. The first-order valence-electron chi connectivity index (χ1n) is 10.0. The lowest BCUT2D eigenvalue weighted by atomic mass is 9.92. The van der Waals surface area contributed by atoms with E-state index in [4.69, 9.17) is 13.9 Å². The second-order valence-electron chi connectivity index (χ2n) is 8.77. The van der Waals surface area contributed by atoms with Crippen LogP contribution in [-0.2, 0) is 21.1 Å². The Labute approximate surface area is 179 Å². The lowest BCUT2D eigenvalue weighted by Gasteiger charge is -2.33. The van der Waals surface area contributed by atoms with Crippen molar-refractivity contribution in [2.24, 2.45) is 0 Å². The van der Waals surface area contributed by atoms with Gasteiger partial charge in [-0.3, -0.25) is 4.79 Å². The quantitative estimate of drug-likeness (QED) is 0.654. The summed E-state index contributed by atoms with van der Waals surface area (Å²) in [5.74, 6) is -0.398. The fourth-order valence-corrected chi connectivity index (χ4v) is 5.83. The Balaban J connectivity index is 1.62. The molecule has 168 valence electrons. The normalized spacial score (nSPS) is 23.7. The summed E-state index contributed by atoms with van der Waals surface area (Å²) >= 11 is 0. The first-order chi connectivity index (χ1) is 14.4. The molecule has 0 unspecified atom stereocenters. The molecule has 2 atom stereocenters. The van der Waals surface area contributed by atoms with E-state index in [-0.39, 0.29) is 11.5 Å². The molecular formula is C21H25NO8S. The van der Waals surface area contributed by atoms with E-state index < -0.39 is 45.7 Å². The summed E-state index contributed by atoms with van der Waals surface area (Å²) in [5.41, 5.74) is 0.927. The third-order valence-electron chi connectivity index (χ3n) is 5.63. The van der Waals surface area contributed by atoms with E-state index in [9.17, 15) is 23.1 Å². The third kappa shape index (κ3) is 4.40. The summed E-state index contributed by atoms with van der Waals surface area (Å²) < 4.78 is 40.5. The molecule has 1 aromatic carbocycles. The number of hydrogen-bond acceptors (Lipinski definition) is 8. The van der Waals surface area contributed by atoms with E-state index in [1.807, 2.05) is 13.8 Å². The molecule has 3 heterocycles. The van der Waals surface area contributed by atoms with Gasteiger partial charge in [0.1, 0.15) is 22.7 Å². The second kappa shape index (κ2) is 7.52. The summed E-state index contributed by atoms with van der Waals surface area (Å²) in [6, 6.07) is 2.17. The van der Waals surface area contributed by atoms with Crippen LogP contribution in [-0.4, -0.2) is 55.3 Å². The monoisotopic (exact) mass is 451 g/mol. The Bertz CT molecular complexity index is 1210. The number of fused-ring (bicyclic) bond motifs is 3. The molecule has 1 saturated heterocycles. The zero-order valence-electron chi connectivity index (χ0n) is 17.6. The fraction of sp³-hybridized carbons (Fsp3) is 0.524. The van der Waals surface area contributed by atoms with Crippen molar-refractivity contribution in [3.05, 3.63) is 33.7 Å². The molecule has 31 heavy (non-hydrogen) atoms. The van der Waals surface area contributed by atoms with Crippen LogP contribution in [0.15, 0.2) is 21.3 Å². The average Bonchev–Trinajstić information content (AvgIpc) is 2.89. The van der Waals surface area contributed by atoms with Gasteiger partial charge in [0.2, 0.25) is 0 Å². The molecule has 2 N–H and O–H groups in total. The standard InChI is InChI=1S/C21H25NO8S/c1-11-6-18(25)29-20-12-4-5-21(2,3)30-15(12)7-16(19(11)20)28-8-17(24)22-13-9-31(26,27)10-14(13)23/h6-7,13-14,23H,4-5,8-10H2,1-3H3,(H,22,24)/t13-,14+/m0/s1. The largest absolute Gasteiger partial charge is 0.487 e. The van der Waals surface area contributed by atoms with Gasteiger partial charge in [-0.25, -0.2) is 13.2 Å². The molecule has 0 aliphatic carbocycles. The van der Waals surface area contributed by atoms with E-state index in [0.29, 0.717) is 34.5 Å². The van der Waals surface area contributed by atoms with E-state index >= 15 is 0 Å². The minimum Gasteiger partial charge on any atom is -0.487 e. The molecule has 0 bridgehead atoms. The molecule has 2 aliphatic rings. The second-order valence-corrected chi connectivity index (χ2v) is 10.9. The third-order valence-corrected chi connectivity index (χ3v) is 7.35. The smallest absolute Gasteiger partial charge is 0.336 e. The maximum absolute atomic E-state index is 12.3. The maximum atomic E-state index is 12.3. The van der Waals surface area contributed by atoms with Crippen molar-refractivity contribution in [1.82, 2.24) is 5.32 Å². The summed E-state index contributed by atoms with van der Waals surface area (Å²) in [7, 11) is -3.38. The van der Waals surface area contributed by atoms with Crippen LogP contribution < -0.4 is 20.4 Å². The van der Waals surface area contributed by atoms with Gasteiger partial charge in [0, 0.05) is 17.7 Å². The zero-order chi connectivity index (χ0) is 22.6. The number of aliphatic hydroxyl groups excluding tert-OH is 1. The average molecular weight is 451 g/mol. The number of carbonyl (C=O) groups excluding carboxylic acids is 1. The number of amides is 1. The minimum atomic E-state index is -3.38. The van der Waals surface area contributed by atoms with Gasteiger partial charge in [0.05, 0.1) is 29.0 Å². The molecule has 2 aromatic rings. The lowest BCUT2D eigenvalue weighted by molar-refractivity contribution is -0.124. The Hall–Kier alpha value is -2.59. The summed E-state index contributed by atoms with van der Waals surface area (Å²) in [4.78, 5) is 24.3. The van der Waals surface area contributed by atoms with Crippen LogP contribution in [0.5, 0.6) is 11.5 Å². The number of sulfone groups is 1. The predicted octanol–water partition coefficient (Wildman–Crippen LogP) is 0.858. The van der Waals surface area contributed by atoms with E-state index in [2.05, 4.69) is 5.32 Å². The number of benzene rings is 1. The highest BCUT2D eigenvalue weighted by Gasteiger charge is 2.37. The molecule has 0 spiro atoms. The fourth-order valence-electron chi connectivity index (χ4n) is 4.09. The minimum absolute atomic E-state index is 0.311. The SMILES string of the molecule is Cc1cc(=O)oc2c3c(cc(OCC(=O)N[C@H]4CS(=O)(=O)C[C@H]4O)c12)OC(C)(C)CC3. The van der Waals surface area contributed by atoms with Crippen LogP contribution in [0, 0.1) is 6.92 Å².